The smallest absolute Gasteiger partial charge is 0.155 e. The highest BCUT2D eigenvalue weighted by Crippen LogP contribution is 2.22. The van der Waals surface area contributed by atoms with Gasteiger partial charge in [-0.15, -0.1) is 0 Å². The summed E-state index contributed by atoms with van der Waals surface area (Å²) in [5, 5.41) is 7.95. The van der Waals surface area contributed by atoms with Gasteiger partial charge in [0.05, 0.1) is 23.2 Å². The first-order valence-electron chi connectivity index (χ1n) is 4.78. The monoisotopic (exact) mass is 217 g/mol. The SMILES string of the molecule is CC1OCCC1S(=O)(=O)CCCC#N. The maximum absolute atomic E-state index is 11.7. The maximum Gasteiger partial charge on any atom is 0.155 e. The molecule has 14 heavy (non-hydrogen) atoms. The Bertz CT molecular complexity index is 317. The Labute approximate surface area is 84.8 Å². The van der Waals surface area contributed by atoms with Gasteiger partial charge in [-0.05, 0) is 19.8 Å². The molecule has 0 saturated carbocycles. The van der Waals surface area contributed by atoms with Crippen molar-refractivity contribution in [2.45, 2.75) is 37.5 Å². The molecule has 0 aromatic rings. The molecule has 1 rings (SSSR count). The van der Waals surface area contributed by atoms with Crippen molar-refractivity contribution in [3.63, 3.8) is 0 Å². The molecule has 1 heterocycles. The van der Waals surface area contributed by atoms with E-state index in [-0.39, 0.29) is 17.1 Å². The minimum Gasteiger partial charge on any atom is -0.377 e. The van der Waals surface area contributed by atoms with Crippen molar-refractivity contribution in [2.75, 3.05) is 12.4 Å². The second-order valence-electron chi connectivity index (χ2n) is 3.53. The summed E-state index contributed by atoms with van der Waals surface area (Å²) >= 11 is 0. The van der Waals surface area contributed by atoms with Crippen LogP contribution in [0.2, 0.25) is 0 Å². The predicted octanol–water partition coefficient (Wildman–Crippen LogP) is 0.882. The van der Waals surface area contributed by atoms with Crippen LogP contribution >= 0.6 is 0 Å². The Balaban J connectivity index is 2.53. The molecule has 4 nitrogen and oxygen atoms in total. The second kappa shape index (κ2) is 4.76. The zero-order valence-electron chi connectivity index (χ0n) is 8.27. The van der Waals surface area contributed by atoms with Gasteiger partial charge in [-0.3, -0.25) is 0 Å². The predicted molar refractivity (Wildman–Crippen MR) is 52.5 cm³/mol. The van der Waals surface area contributed by atoms with Crippen LogP contribution in [-0.4, -0.2) is 32.1 Å². The highest BCUT2D eigenvalue weighted by Gasteiger charge is 2.34. The number of nitriles is 1. The first-order valence-corrected chi connectivity index (χ1v) is 6.49. The molecular weight excluding hydrogens is 202 g/mol. The van der Waals surface area contributed by atoms with Gasteiger partial charge in [0.25, 0.3) is 0 Å². The molecule has 0 bridgehead atoms. The van der Waals surface area contributed by atoms with Crippen molar-refractivity contribution < 1.29 is 13.2 Å². The fraction of sp³-hybridized carbons (Fsp3) is 0.889. The highest BCUT2D eigenvalue weighted by molar-refractivity contribution is 7.92. The van der Waals surface area contributed by atoms with Gasteiger partial charge in [-0.1, -0.05) is 0 Å². The van der Waals surface area contributed by atoms with E-state index in [1.54, 1.807) is 6.92 Å². The Morgan fingerprint density at radius 3 is 2.79 bits per heavy atom. The lowest BCUT2D eigenvalue weighted by molar-refractivity contribution is 0.126. The number of nitrogens with zero attached hydrogens (tertiary/aromatic N) is 1. The highest BCUT2D eigenvalue weighted by atomic mass is 32.2. The van der Waals surface area contributed by atoms with Crippen LogP contribution in [-0.2, 0) is 14.6 Å². The van der Waals surface area contributed by atoms with Crippen LogP contribution < -0.4 is 0 Å². The zero-order valence-corrected chi connectivity index (χ0v) is 9.09. The van der Waals surface area contributed by atoms with E-state index in [9.17, 15) is 8.42 Å². The van der Waals surface area contributed by atoms with Crippen molar-refractivity contribution in [2.24, 2.45) is 0 Å². The standard InChI is InChI=1S/C9H15NO3S/c1-8-9(4-6-13-8)14(11,12)7-3-2-5-10/h8-9H,2-4,6-7H2,1H3. The second-order valence-corrected chi connectivity index (χ2v) is 5.87. The van der Waals surface area contributed by atoms with Gasteiger partial charge in [0.15, 0.2) is 9.84 Å². The van der Waals surface area contributed by atoms with Crippen LogP contribution in [0.15, 0.2) is 0 Å². The Hall–Kier alpha value is -0.600. The molecule has 0 radical (unpaired) electrons. The largest absolute Gasteiger partial charge is 0.377 e. The fourth-order valence-electron chi connectivity index (χ4n) is 1.69. The fourth-order valence-corrected chi connectivity index (χ4v) is 3.65. The van der Waals surface area contributed by atoms with Crippen LogP contribution in [0.1, 0.15) is 26.2 Å². The van der Waals surface area contributed by atoms with Gasteiger partial charge in [0, 0.05) is 13.0 Å². The summed E-state index contributed by atoms with van der Waals surface area (Å²) in [5.74, 6) is 0.110. The van der Waals surface area contributed by atoms with Gasteiger partial charge in [0.1, 0.15) is 0 Å². The van der Waals surface area contributed by atoms with Crippen LogP contribution in [0.5, 0.6) is 0 Å². The number of hydrogen-bond acceptors (Lipinski definition) is 4. The molecule has 0 aliphatic carbocycles. The van der Waals surface area contributed by atoms with E-state index in [2.05, 4.69) is 0 Å². The van der Waals surface area contributed by atoms with Crippen LogP contribution in [0.4, 0.5) is 0 Å². The first-order chi connectivity index (χ1) is 6.58. The van der Waals surface area contributed by atoms with Crippen LogP contribution in [0.25, 0.3) is 0 Å². The number of rotatable bonds is 4. The van der Waals surface area contributed by atoms with Gasteiger partial charge >= 0.3 is 0 Å². The van der Waals surface area contributed by atoms with Crippen molar-refractivity contribution in [3.8, 4) is 6.07 Å². The average Bonchev–Trinajstić information content (AvgIpc) is 2.52. The molecule has 1 aliphatic heterocycles. The summed E-state index contributed by atoms with van der Waals surface area (Å²) in [7, 11) is -3.06. The lowest BCUT2D eigenvalue weighted by Gasteiger charge is -2.14. The van der Waals surface area contributed by atoms with E-state index in [1.807, 2.05) is 6.07 Å². The summed E-state index contributed by atoms with van der Waals surface area (Å²) in [6, 6.07) is 1.95. The Morgan fingerprint density at radius 1 is 1.57 bits per heavy atom. The summed E-state index contributed by atoms with van der Waals surface area (Å²) in [6.45, 7) is 2.32. The summed E-state index contributed by atoms with van der Waals surface area (Å²) in [4.78, 5) is 0. The van der Waals surface area contributed by atoms with Gasteiger partial charge in [0.2, 0.25) is 0 Å². The Morgan fingerprint density at radius 2 is 2.29 bits per heavy atom. The third kappa shape index (κ3) is 2.69. The maximum atomic E-state index is 11.7. The average molecular weight is 217 g/mol. The molecule has 2 unspecified atom stereocenters. The molecule has 0 aromatic heterocycles. The molecule has 1 fully saturated rings. The van der Waals surface area contributed by atoms with E-state index in [0.29, 0.717) is 25.9 Å². The summed E-state index contributed by atoms with van der Waals surface area (Å²) in [6.07, 6.45) is 1.14. The molecular formula is C9H15NO3S. The van der Waals surface area contributed by atoms with Gasteiger partial charge in [-0.2, -0.15) is 5.26 Å². The lowest BCUT2D eigenvalue weighted by atomic mass is 10.3. The molecule has 0 spiro atoms. The Kier molecular flexibility index (Phi) is 3.90. The van der Waals surface area contributed by atoms with Crippen molar-refractivity contribution in [1.82, 2.24) is 0 Å². The van der Waals surface area contributed by atoms with Crippen molar-refractivity contribution >= 4 is 9.84 Å². The minimum absolute atomic E-state index is 0.110. The lowest BCUT2D eigenvalue weighted by Crippen LogP contribution is -2.30. The molecule has 0 aromatic carbocycles. The number of sulfone groups is 1. The zero-order chi connectivity index (χ0) is 10.6. The number of hydrogen-bond donors (Lipinski definition) is 0. The topological polar surface area (TPSA) is 67.2 Å². The number of ether oxygens (including phenoxy) is 1. The molecule has 80 valence electrons. The van der Waals surface area contributed by atoms with E-state index < -0.39 is 9.84 Å². The molecule has 2 atom stereocenters. The van der Waals surface area contributed by atoms with E-state index in [0.717, 1.165) is 0 Å². The van der Waals surface area contributed by atoms with Crippen LogP contribution in [0, 0.1) is 11.3 Å². The third-order valence-electron chi connectivity index (χ3n) is 2.49. The molecule has 1 saturated heterocycles. The minimum atomic E-state index is -3.06. The number of unbranched alkanes of at least 4 members (excludes halogenated alkanes) is 1. The van der Waals surface area contributed by atoms with Crippen molar-refractivity contribution in [1.29, 1.82) is 5.26 Å². The van der Waals surface area contributed by atoms with E-state index in [4.69, 9.17) is 10.00 Å². The quantitative estimate of drug-likeness (QED) is 0.656. The third-order valence-corrected chi connectivity index (χ3v) is 4.88. The molecule has 0 amide bonds. The van der Waals surface area contributed by atoms with E-state index >= 15 is 0 Å². The summed E-state index contributed by atoms with van der Waals surface area (Å²) < 4.78 is 28.7. The molecule has 0 N–H and O–H groups in total. The van der Waals surface area contributed by atoms with E-state index in [1.165, 1.54) is 0 Å². The molecule has 5 heteroatoms. The summed E-state index contributed by atoms with van der Waals surface area (Å²) in [5.41, 5.74) is 0. The first kappa shape index (κ1) is 11.5. The van der Waals surface area contributed by atoms with Gasteiger partial charge < -0.3 is 4.74 Å². The van der Waals surface area contributed by atoms with Gasteiger partial charge in [-0.25, -0.2) is 8.42 Å². The van der Waals surface area contributed by atoms with Crippen molar-refractivity contribution in [3.05, 3.63) is 0 Å². The normalized spacial score (nSPS) is 27.4. The molecule has 1 aliphatic rings. The van der Waals surface area contributed by atoms with Crippen LogP contribution in [0.3, 0.4) is 0 Å².